The molecule has 6 heteroatoms. The Morgan fingerprint density at radius 1 is 1.45 bits per heavy atom. The number of aromatic nitrogens is 2. The van der Waals surface area contributed by atoms with E-state index >= 15 is 0 Å². The number of hydrogen-bond donors (Lipinski definition) is 1. The number of amides is 1. The number of carbonyl (C=O) groups is 1. The fraction of sp³-hybridized carbons (Fsp3) is 0.357. The molecule has 1 aromatic heterocycles. The highest BCUT2D eigenvalue weighted by Crippen LogP contribution is 2.20. The predicted octanol–water partition coefficient (Wildman–Crippen LogP) is 1.30. The number of benzene rings is 1. The Kier molecular flexibility index (Phi) is 3.48. The van der Waals surface area contributed by atoms with Gasteiger partial charge in [0.2, 0.25) is 5.91 Å². The smallest absolute Gasteiger partial charge is 0.283 e. The van der Waals surface area contributed by atoms with Crippen LogP contribution in [0.15, 0.2) is 34.1 Å². The molecule has 1 aliphatic carbocycles. The zero-order chi connectivity index (χ0) is 14.1. The van der Waals surface area contributed by atoms with E-state index < -0.39 is 0 Å². The van der Waals surface area contributed by atoms with Gasteiger partial charge in [-0.3, -0.25) is 9.59 Å². The van der Waals surface area contributed by atoms with Crippen LogP contribution >= 0.6 is 11.8 Å². The molecule has 0 spiro atoms. The third kappa shape index (κ3) is 2.70. The number of rotatable bonds is 4. The minimum absolute atomic E-state index is 0.0329. The second-order valence-electron chi connectivity index (χ2n) is 4.90. The van der Waals surface area contributed by atoms with Crippen LogP contribution in [0, 0.1) is 0 Å². The summed E-state index contributed by atoms with van der Waals surface area (Å²) in [6.07, 6.45) is 2.12. The van der Waals surface area contributed by atoms with Crippen molar-refractivity contribution < 1.29 is 4.79 Å². The molecule has 5 nitrogen and oxygen atoms in total. The summed E-state index contributed by atoms with van der Waals surface area (Å²) in [5.41, 5.74) is 1.40. The highest BCUT2D eigenvalue weighted by molar-refractivity contribution is 7.99. The number of carbonyl (C=O) groups excluding carboxylic acids is 1. The normalized spacial score (nSPS) is 14.4. The average Bonchev–Trinajstić information content (AvgIpc) is 3.25. The van der Waals surface area contributed by atoms with Crippen LogP contribution < -0.4 is 10.9 Å². The maximum atomic E-state index is 12.2. The summed E-state index contributed by atoms with van der Waals surface area (Å²) < 4.78 is 1.57. The molecule has 0 saturated heterocycles. The Morgan fingerprint density at radius 2 is 2.20 bits per heavy atom. The summed E-state index contributed by atoms with van der Waals surface area (Å²) in [4.78, 5) is 28.2. The summed E-state index contributed by atoms with van der Waals surface area (Å²) in [5, 5.41) is 3.27. The van der Waals surface area contributed by atoms with Gasteiger partial charge >= 0.3 is 0 Å². The summed E-state index contributed by atoms with van der Waals surface area (Å²) in [6.45, 7) is 0. The van der Waals surface area contributed by atoms with E-state index in [-0.39, 0.29) is 17.2 Å². The lowest BCUT2D eigenvalue weighted by Crippen LogP contribution is -2.28. The summed E-state index contributed by atoms with van der Waals surface area (Å²) in [5.74, 6) is 0.200. The molecule has 0 unspecified atom stereocenters. The van der Waals surface area contributed by atoms with E-state index in [2.05, 4.69) is 10.3 Å². The van der Waals surface area contributed by atoms with Crippen LogP contribution in [0.3, 0.4) is 0 Å². The quantitative estimate of drug-likeness (QED) is 0.862. The molecule has 1 N–H and O–H groups in total. The van der Waals surface area contributed by atoms with Gasteiger partial charge in [-0.1, -0.05) is 23.9 Å². The second kappa shape index (κ2) is 5.28. The maximum absolute atomic E-state index is 12.2. The average molecular weight is 289 g/mol. The zero-order valence-electron chi connectivity index (χ0n) is 11.1. The zero-order valence-corrected chi connectivity index (χ0v) is 11.9. The number of para-hydroxylation sites is 2. The van der Waals surface area contributed by atoms with E-state index in [9.17, 15) is 9.59 Å². The molecule has 1 amide bonds. The fourth-order valence-corrected chi connectivity index (χ4v) is 2.75. The Morgan fingerprint density at radius 3 is 2.95 bits per heavy atom. The van der Waals surface area contributed by atoms with Gasteiger partial charge in [-0.2, -0.15) is 0 Å². The van der Waals surface area contributed by atoms with E-state index in [0.717, 1.165) is 23.9 Å². The lowest BCUT2D eigenvalue weighted by Gasteiger charge is -2.07. The van der Waals surface area contributed by atoms with Crippen LogP contribution in [0.5, 0.6) is 0 Å². The maximum Gasteiger partial charge on any atom is 0.283 e. The lowest BCUT2D eigenvalue weighted by atomic mass is 10.3. The van der Waals surface area contributed by atoms with Gasteiger partial charge in [0.1, 0.15) is 0 Å². The first-order chi connectivity index (χ1) is 9.65. The molecule has 1 fully saturated rings. The van der Waals surface area contributed by atoms with Gasteiger partial charge in [-0.05, 0) is 25.0 Å². The minimum Gasteiger partial charge on any atom is -0.353 e. The third-order valence-corrected chi connectivity index (χ3v) is 4.18. The van der Waals surface area contributed by atoms with E-state index in [1.165, 1.54) is 11.8 Å². The standard InChI is InChI=1S/C14H15N3O2S/c1-17-11-5-3-2-4-10(11)16-13(14(17)19)20-8-12(18)15-9-6-7-9/h2-5,9H,6-8H2,1H3,(H,15,18). The van der Waals surface area contributed by atoms with Gasteiger partial charge in [0.25, 0.3) is 5.56 Å². The van der Waals surface area contributed by atoms with Gasteiger partial charge in [0.05, 0.1) is 16.8 Å². The van der Waals surface area contributed by atoms with E-state index in [0.29, 0.717) is 11.1 Å². The Balaban J connectivity index is 1.81. The molecule has 1 heterocycles. The van der Waals surface area contributed by atoms with Crippen molar-refractivity contribution >= 4 is 28.7 Å². The minimum atomic E-state index is -0.159. The fourth-order valence-electron chi connectivity index (χ4n) is 1.98. The van der Waals surface area contributed by atoms with E-state index in [1.807, 2.05) is 24.3 Å². The van der Waals surface area contributed by atoms with Crippen molar-refractivity contribution in [3.05, 3.63) is 34.6 Å². The van der Waals surface area contributed by atoms with Crippen LogP contribution in [-0.4, -0.2) is 27.3 Å². The Hall–Kier alpha value is -1.82. The molecule has 0 radical (unpaired) electrons. The first kappa shape index (κ1) is 13.2. The second-order valence-corrected chi connectivity index (χ2v) is 5.86. The topological polar surface area (TPSA) is 64.0 Å². The van der Waals surface area contributed by atoms with Crippen molar-refractivity contribution in [3.63, 3.8) is 0 Å². The van der Waals surface area contributed by atoms with Gasteiger partial charge in [-0.25, -0.2) is 4.98 Å². The van der Waals surface area contributed by atoms with Crippen LogP contribution in [-0.2, 0) is 11.8 Å². The molecule has 1 aromatic carbocycles. The predicted molar refractivity (Wildman–Crippen MR) is 78.9 cm³/mol. The summed E-state index contributed by atoms with van der Waals surface area (Å²) >= 11 is 1.20. The van der Waals surface area contributed by atoms with Crippen LogP contribution in [0.25, 0.3) is 11.0 Å². The summed E-state index contributed by atoms with van der Waals surface area (Å²) in [7, 11) is 1.72. The molecule has 1 aliphatic rings. The van der Waals surface area contributed by atoms with Crippen molar-refractivity contribution in [2.45, 2.75) is 23.9 Å². The van der Waals surface area contributed by atoms with Gasteiger partial charge < -0.3 is 9.88 Å². The van der Waals surface area contributed by atoms with Crippen molar-refractivity contribution in [1.29, 1.82) is 0 Å². The largest absolute Gasteiger partial charge is 0.353 e. The Labute approximate surface area is 120 Å². The number of nitrogens with one attached hydrogen (secondary N) is 1. The number of aryl methyl sites for hydroxylation is 1. The number of nitrogens with zero attached hydrogens (tertiary/aromatic N) is 2. The van der Waals surface area contributed by atoms with Gasteiger partial charge in [0, 0.05) is 13.1 Å². The van der Waals surface area contributed by atoms with Gasteiger partial charge in [0.15, 0.2) is 5.03 Å². The molecule has 0 bridgehead atoms. The molecular weight excluding hydrogens is 274 g/mol. The third-order valence-electron chi connectivity index (χ3n) is 3.24. The van der Waals surface area contributed by atoms with Crippen LogP contribution in [0.1, 0.15) is 12.8 Å². The SMILES string of the molecule is Cn1c(=O)c(SCC(=O)NC2CC2)nc2ccccc21. The van der Waals surface area contributed by atoms with Crippen molar-refractivity contribution in [1.82, 2.24) is 14.9 Å². The molecule has 20 heavy (non-hydrogen) atoms. The first-order valence-electron chi connectivity index (χ1n) is 6.53. The highest BCUT2D eigenvalue weighted by Gasteiger charge is 2.23. The van der Waals surface area contributed by atoms with Crippen molar-refractivity contribution in [3.8, 4) is 0 Å². The Bertz CT molecular complexity index is 722. The van der Waals surface area contributed by atoms with E-state index in [4.69, 9.17) is 0 Å². The van der Waals surface area contributed by atoms with Crippen molar-refractivity contribution in [2.75, 3.05) is 5.75 Å². The highest BCUT2D eigenvalue weighted by atomic mass is 32.2. The molecule has 104 valence electrons. The number of fused-ring (bicyclic) bond motifs is 1. The monoisotopic (exact) mass is 289 g/mol. The number of thioether (sulfide) groups is 1. The summed E-state index contributed by atoms with van der Waals surface area (Å²) in [6, 6.07) is 7.82. The number of hydrogen-bond acceptors (Lipinski definition) is 4. The lowest BCUT2D eigenvalue weighted by molar-refractivity contribution is -0.118. The van der Waals surface area contributed by atoms with Gasteiger partial charge in [-0.15, -0.1) is 0 Å². The van der Waals surface area contributed by atoms with Crippen LogP contribution in [0.2, 0.25) is 0 Å². The molecule has 3 rings (SSSR count). The molecular formula is C14H15N3O2S. The van der Waals surface area contributed by atoms with Crippen molar-refractivity contribution in [2.24, 2.45) is 7.05 Å². The molecule has 2 aromatic rings. The molecule has 1 saturated carbocycles. The molecule has 0 aliphatic heterocycles. The first-order valence-corrected chi connectivity index (χ1v) is 7.51. The molecule has 0 atom stereocenters. The van der Waals surface area contributed by atoms with Crippen LogP contribution in [0.4, 0.5) is 0 Å². The van der Waals surface area contributed by atoms with E-state index in [1.54, 1.807) is 11.6 Å².